The Bertz CT molecular complexity index is 1010. The molecule has 1 atom stereocenters. The van der Waals surface area contributed by atoms with Gasteiger partial charge in [0.1, 0.15) is 11.5 Å². The first-order chi connectivity index (χ1) is 15.8. The van der Waals surface area contributed by atoms with E-state index in [4.69, 9.17) is 4.74 Å². The second-order valence-corrected chi connectivity index (χ2v) is 9.35. The smallest absolute Gasteiger partial charge is 0.295 e. The zero-order valence-corrected chi connectivity index (χ0v) is 20.9. The molecule has 1 aliphatic heterocycles. The molecule has 0 saturated carbocycles. The van der Waals surface area contributed by atoms with E-state index in [0.717, 1.165) is 29.3 Å². The molecule has 2 aromatic rings. The number of ketones is 1. The average Bonchev–Trinajstić information content (AvgIpc) is 3.42. The van der Waals surface area contributed by atoms with Crippen LogP contribution in [-0.2, 0) is 9.59 Å². The molecule has 0 aliphatic carbocycles. The molecule has 1 amide bonds. The molecule has 1 aliphatic rings. The van der Waals surface area contributed by atoms with Crippen LogP contribution in [0.15, 0.2) is 41.3 Å². The quantitative estimate of drug-likeness (QED) is 0.299. The topological polar surface area (TPSA) is 70.1 Å². The summed E-state index contributed by atoms with van der Waals surface area (Å²) in [5.74, 6) is -0.396. The van der Waals surface area contributed by atoms with Gasteiger partial charge >= 0.3 is 0 Å². The Labute approximate surface area is 200 Å². The molecule has 1 aromatic carbocycles. The number of aliphatic hydroxyl groups excluding tert-OH is 1. The molecule has 1 unspecified atom stereocenters. The number of rotatable bonds is 10. The second kappa shape index (κ2) is 11.0. The minimum absolute atomic E-state index is 0.137. The number of carbonyl (C=O) groups excluding carboxylic acids is 2. The van der Waals surface area contributed by atoms with Gasteiger partial charge < -0.3 is 19.6 Å². The van der Waals surface area contributed by atoms with Gasteiger partial charge in [0.2, 0.25) is 0 Å². The third-order valence-electron chi connectivity index (χ3n) is 6.11. The molecule has 0 spiro atoms. The highest BCUT2D eigenvalue weighted by molar-refractivity contribution is 7.10. The average molecular weight is 471 g/mol. The molecule has 3 rings (SSSR count). The van der Waals surface area contributed by atoms with Crippen LogP contribution in [0.2, 0.25) is 0 Å². The first-order valence-electron chi connectivity index (χ1n) is 11.6. The number of hydrogen-bond donors (Lipinski definition) is 1. The van der Waals surface area contributed by atoms with Crippen LogP contribution < -0.4 is 4.74 Å². The van der Waals surface area contributed by atoms with Crippen molar-refractivity contribution in [1.82, 2.24) is 9.80 Å². The number of nitrogens with zero attached hydrogens (tertiary/aromatic N) is 2. The first-order valence-corrected chi connectivity index (χ1v) is 12.5. The van der Waals surface area contributed by atoms with Gasteiger partial charge in [0, 0.05) is 23.5 Å². The van der Waals surface area contributed by atoms with E-state index in [9.17, 15) is 14.7 Å². The summed E-state index contributed by atoms with van der Waals surface area (Å²) in [7, 11) is 0. The van der Waals surface area contributed by atoms with Gasteiger partial charge in [0.25, 0.3) is 11.7 Å². The van der Waals surface area contributed by atoms with E-state index in [1.165, 1.54) is 11.3 Å². The zero-order valence-electron chi connectivity index (χ0n) is 20.1. The molecule has 1 fully saturated rings. The predicted molar refractivity (Wildman–Crippen MR) is 133 cm³/mol. The first kappa shape index (κ1) is 25.0. The second-order valence-electron chi connectivity index (χ2n) is 8.38. The molecule has 0 bridgehead atoms. The predicted octanol–water partition coefficient (Wildman–Crippen LogP) is 5.03. The number of thiophene rings is 1. The number of ether oxygens (including phenoxy) is 1. The molecule has 1 saturated heterocycles. The standard InChI is InChI=1S/C26H34N2O4S/c1-6-27(7-2)13-14-28-23(21-10-9-15-33-21)22(25(30)26(28)31)24(29)18-11-12-20(32-8-3)19(16-18)17(4)5/h9-12,15-17,23,29H,6-8,13-14H2,1-5H3/b24-22-. The van der Waals surface area contributed by atoms with Gasteiger partial charge in [-0.2, -0.15) is 0 Å². The number of carbonyl (C=O) groups is 2. The van der Waals surface area contributed by atoms with E-state index < -0.39 is 17.7 Å². The number of amides is 1. The maximum atomic E-state index is 13.2. The minimum atomic E-state index is -0.634. The normalized spacial score (nSPS) is 18.0. The molecule has 1 N–H and O–H groups in total. The summed E-state index contributed by atoms with van der Waals surface area (Å²) in [5.41, 5.74) is 1.62. The SMILES string of the molecule is CCOc1ccc(/C(O)=C2/C(=O)C(=O)N(CCN(CC)CC)C2c2cccs2)cc1C(C)C. The van der Waals surface area contributed by atoms with Crippen LogP contribution in [-0.4, -0.2) is 59.4 Å². The van der Waals surface area contributed by atoms with E-state index in [-0.39, 0.29) is 17.3 Å². The molecule has 178 valence electrons. The van der Waals surface area contributed by atoms with Crippen molar-refractivity contribution >= 4 is 28.8 Å². The summed E-state index contributed by atoms with van der Waals surface area (Å²) in [6.07, 6.45) is 0. The lowest BCUT2D eigenvalue weighted by atomic mass is 9.95. The molecule has 0 radical (unpaired) electrons. The van der Waals surface area contributed by atoms with Crippen LogP contribution in [0.1, 0.15) is 62.6 Å². The molecular formula is C26H34N2O4S. The Morgan fingerprint density at radius 1 is 1.18 bits per heavy atom. The zero-order chi connectivity index (χ0) is 24.1. The highest BCUT2D eigenvalue weighted by atomic mass is 32.1. The number of likely N-dealkylation sites (tertiary alicyclic amines) is 1. The number of Topliss-reactive ketones (excluding diaryl/α,β-unsaturated/α-hetero) is 1. The lowest BCUT2D eigenvalue weighted by Crippen LogP contribution is -2.37. The van der Waals surface area contributed by atoms with Gasteiger partial charge in [-0.3, -0.25) is 9.59 Å². The number of aliphatic hydroxyl groups is 1. The number of benzene rings is 1. The Kier molecular flexibility index (Phi) is 8.32. The lowest BCUT2D eigenvalue weighted by Gasteiger charge is -2.27. The highest BCUT2D eigenvalue weighted by Gasteiger charge is 2.46. The summed E-state index contributed by atoms with van der Waals surface area (Å²) >= 11 is 1.48. The number of hydrogen-bond acceptors (Lipinski definition) is 6. The van der Waals surface area contributed by atoms with E-state index in [1.54, 1.807) is 11.0 Å². The van der Waals surface area contributed by atoms with Crippen LogP contribution in [0, 0.1) is 0 Å². The molecule has 2 heterocycles. The summed E-state index contributed by atoms with van der Waals surface area (Å²) in [4.78, 5) is 30.9. The van der Waals surface area contributed by atoms with E-state index >= 15 is 0 Å². The third-order valence-corrected chi connectivity index (χ3v) is 7.03. The van der Waals surface area contributed by atoms with Crippen LogP contribution in [0.5, 0.6) is 5.75 Å². The van der Waals surface area contributed by atoms with Crippen LogP contribution >= 0.6 is 11.3 Å². The Balaban J connectivity index is 2.08. The lowest BCUT2D eigenvalue weighted by molar-refractivity contribution is -0.140. The molecule has 7 heteroatoms. The van der Waals surface area contributed by atoms with E-state index in [2.05, 4.69) is 32.6 Å². The highest BCUT2D eigenvalue weighted by Crippen LogP contribution is 2.41. The van der Waals surface area contributed by atoms with E-state index in [1.807, 2.05) is 36.6 Å². The number of likely N-dealkylation sites (N-methyl/N-ethyl adjacent to an activating group) is 1. The van der Waals surface area contributed by atoms with Crippen molar-refractivity contribution in [1.29, 1.82) is 0 Å². The van der Waals surface area contributed by atoms with Crippen LogP contribution in [0.3, 0.4) is 0 Å². The van der Waals surface area contributed by atoms with Crippen molar-refractivity contribution in [3.8, 4) is 5.75 Å². The van der Waals surface area contributed by atoms with Gasteiger partial charge in [-0.25, -0.2) is 0 Å². The minimum Gasteiger partial charge on any atom is -0.507 e. The van der Waals surface area contributed by atoms with Gasteiger partial charge in [0.15, 0.2) is 0 Å². The molecule has 33 heavy (non-hydrogen) atoms. The summed E-state index contributed by atoms with van der Waals surface area (Å²) in [6.45, 7) is 13.6. The summed E-state index contributed by atoms with van der Waals surface area (Å²) in [5, 5.41) is 13.2. The van der Waals surface area contributed by atoms with Gasteiger partial charge in [0.05, 0.1) is 18.2 Å². The summed E-state index contributed by atoms with van der Waals surface area (Å²) in [6, 6.07) is 8.66. The maximum absolute atomic E-state index is 13.2. The van der Waals surface area contributed by atoms with Gasteiger partial charge in [-0.15, -0.1) is 11.3 Å². The summed E-state index contributed by atoms with van der Waals surface area (Å²) < 4.78 is 5.74. The van der Waals surface area contributed by atoms with Crippen molar-refractivity contribution in [3.05, 3.63) is 57.3 Å². The third kappa shape index (κ3) is 5.14. The van der Waals surface area contributed by atoms with Gasteiger partial charge in [-0.05, 0) is 61.1 Å². The Morgan fingerprint density at radius 2 is 1.91 bits per heavy atom. The molecule has 1 aromatic heterocycles. The fraction of sp³-hybridized carbons (Fsp3) is 0.462. The van der Waals surface area contributed by atoms with E-state index in [0.29, 0.717) is 25.3 Å². The van der Waals surface area contributed by atoms with Crippen molar-refractivity contribution in [3.63, 3.8) is 0 Å². The largest absolute Gasteiger partial charge is 0.507 e. The Hall–Kier alpha value is -2.64. The fourth-order valence-electron chi connectivity index (χ4n) is 4.23. The monoisotopic (exact) mass is 470 g/mol. The van der Waals surface area contributed by atoms with Crippen molar-refractivity contribution in [2.24, 2.45) is 0 Å². The van der Waals surface area contributed by atoms with Crippen molar-refractivity contribution < 1.29 is 19.4 Å². The fourth-order valence-corrected chi connectivity index (χ4v) is 5.08. The van der Waals surface area contributed by atoms with Crippen molar-refractivity contribution in [2.45, 2.75) is 46.6 Å². The van der Waals surface area contributed by atoms with Crippen LogP contribution in [0.4, 0.5) is 0 Å². The Morgan fingerprint density at radius 3 is 2.48 bits per heavy atom. The maximum Gasteiger partial charge on any atom is 0.295 e. The molecule has 6 nitrogen and oxygen atoms in total. The van der Waals surface area contributed by atoms with Gasteiger partial charge in [-0.1, -0.05) is 33.8 Å². The van der Waals surface area contributed by atoms with Crippen molar-refractivity contribution in [2.75, 3.05) is 32.8 Å². The molecular weight excluding hydrogens is 436 g/mol. The van der Waals surface area contributed by atoms with Crippen LogP contribution in [0.25, 0.3) is 5.76 Å².